The molecule has 0 amide bonds. The summed E-state index contributed by atoms with van der Waals surface area (Å²) in [7, 11) is 0. The largest absolute Gasteiger partial charge is 0.314 e. The molecule has 0 unspecified atom stereocenters. The molecule has 1 aliphatic heterocycles. The maximum atomic E-state index is 14.3. The van der Waals surface area contributed by atoms with E-state index in [-0.39, 0.29) is 24.3 Å². The normalized spacial score (nSPS) is 17.2. The van der Waals surface area contributed by atoms with E-state index in [0.29, 0.717) is 10.6 Å². The van der Waals surface area contributed by atoms with Gasteiger partial charge in [-0.3, -0.25) is 4.90 Å². The molecule has 0 bridgehead atoms. The van der Waals surface area contributed by atoms with E-state index in [2.05, 4.69) is 21.7 Å². The van der Waals surface area contributed by atoms with E-state index in [4.69, 9.17) is 11.6 Å². The lowest BCUT2D eigenvalue weighted by atomic mass is 9.98. The van der Waals surface area contributed by atoms with Crippen molar-refractivity contribution in [1.29, 1.82) is 0 Å². The summed E-state index contributed by atoms with van der Waals surface area (Å²) >= 11 is 7.52. The zero-order valence-corrected chi connectivity index (χ0v) is 13.8. The number of hydrogen-bond donors (Lipinski definition) is 1. The fraction of sp³-hybridized carbons (Fsp3) is 0.333. The minimum atomic E-state index is -0.229. The summed E-state index contributed by atoms with van der Waals surface area (Å²) in [6, 6.07) is 7.02. The number of thiophene rings is 1. The Morgan fingerprint density at radius 3 is 2.62 bits per heavy atom. The van der Waals surface area contributed by atoms with Crippen LogP contribution in [0.4, 0.5) is 4.39 Å². The number of piperazine rings is 1. The molecule has 1 N–H and O–H groups in total. The first kappa shape index (κ1) is 16.7. The van der Waals surface area contributed by atoms with Crippen molar-refractivity contribution in [2.75, 3.05) is 26.2 Å². The number of benzene rings is 1. The van der Waals surface area contributed by atoms with Crippen molar-refractivity contribution in [1.82, 2.24) is 10.2 Å². The molecule has 0 saturated carbocycles. The molecular weight excluding hydrogens is 330 g/mol. The molecule has 1 saturated heterocycles. The molecule has 2 nitrogen and oxygen atoms in total. The number of hydrogen-bond acceptors (Lipinski definition) is 3. The van der Waals surface area contributed by atoms with Gasteiger partial charge in [0, 0.05) is 36.8 Å². The first-order valence-electron chi connectivity index (χ1n) is 6.67. The summed E-state index contributed by atoms with van der Waals surface area (Å²) in [5.74, 6) is -0.229. The zero-order valence-electron chi connectivity index (χ0n) is 11.4. The molecule has 0 aliphatic carbocycles. The van der Waals surface area contributed by atoms with Crippen molar-refractivity contribution in [3.05, 3.63) is 57.0 Å². The second-order valence-corrected chi connectivity index (χ2v) is 6.13. The van der Waals surface area contributed by atoms with Crippen LogP contribution in [0.3, 0.4) is 0 Å². The molecule has 2 heterocycles. The standard InChI is InChI=1S/C15H16ClFN2S.ClH/c16-12-1-2-13(14(17)9-12)15(11-3-8-20-10-11)19-6-4-18-5-7-19;/h1-3,8-10,15,18H,4-7H2;1H/t15-;/m0./s1. The molecule has 1 aliphatic rings. The van der Waals surface area contributed by atoms with Crippen molar-refractivity contribution in [2.45, 2.75) is 6.04 Å². The van der Waals surface area contributed by atoms with Gasteiger partial charge in [0.2, 0.25) is 0 Å². The fourth-order valence-electron chi connectivity index (χ4n) is 2.68. The predicted molar refractivity (Wildman–Crippen MR) is 89.3 cm³/mol. The quantitative estimate of drug-likeness (QED) is 0.904. The minimum Gasteiger partial charge on any atom is -0.314 e. The zero-order chi connectivity index (χ0) is 13.9. The smallest absolute Gasteiger partial charge is 0.129 e. The monoisotopic (exact) mass is 346 g/mol. The summed E-state index contributed by atoms with van der Waals surface area (Å²) < 4.78 is 14.3. The van der Waals surface area contributed by atoms with Crippen LogP contribution < -0.4 is 5.32 Å². The Balaban J connectivity index is 0.00000161. The third-order valence-electron chi connectivity index (χ3n) is 3.63. The molecule has 1 fully saturated rings. The molecule has 1 atom stereocenters. The average molecular weight is 347 g/mol. The topological polar surface area (TPSA) is 15.3 Å². The van der Waals surface area contributed by atoms with Crippen LogP contribution in [0.15, 0.2) is 35.0 Å². The van der Waals surface area contributed by atoms with Gasteiger partial charge in [-0.05, 0) is 34.5 Å². The molecule has 6 heteroatoms. The average Bonchev–Trinajstić information content (AvgIpc) is 2.97. The molecule has 1 aromatic heterocycles. The molecule has 1 aromatic carbocycles. The highest BCUT2D eigenvalue weighted by Gasteiger charge is 2.26. The van der Waals surface area contributed by atoms with E-state index >= 15 is 0 Å². The van der Waals surface area contributed by atoms with Gasteiger partial charge in [0.15, 0.2) is 0 Å². The Kier molecular flexibility index (Phi) is 6.02. The van der Waals surface area contributed by atoms with E-state index in [9.17, 15) is 4.39 Å². The van der Waals surface area contributed by atoms with E-state index in [1.54, 1.807) is 17.4 Å². The summed E-state index contributed by atoms with van der Waals surface area (Å²) in [5.41, 5.74) is 1.85. The highest BCUT2D eigenvalue weighted by molar-refractivity contribution is 7.08. The van der Waals surface area contributed by atoms with E-state index < -0.39 is 0 Å². The van der Waals surface area contributed by atoms with Crippen molar-refractivity contribution >= 4 is 35.3 Å². The van der Waals surface area contributed by atoms with Crippen molar-refractivity contribution in [3.8, 4) is 0 Å². The molecule has 2 aromatic rings. The Morgan fingerprint density at radius 1 is 1.24 bits per heavy atom. The predicted octanol–water partition coefficient (Wildman–Crippen LogP) is 3.96. The lowest BCUT2D eigenvalue weighted by Crippen LogP contribution is -2.45. The van der Waals surface area contributed by atoms with Crippen LogP contribution in [-0.2, 0) is 0 Å². The number of nitrogens with one attached hydrogen (secondary N) is 1. The highest BCUT2D eigenvalue weighted by atomic mass is 35.5. The summed E-state index contributed by atoms with van der Waals surface area (Å²) in [6.07, 6.45) is 0. The number of nitrogens with zero attached hydrogens (tertiary/aromatic N) is 1. The molecule has 0 spiro atoms. The molecular formula is C15H17Cl2FN2S. The number of rotatable bonds is 3. The Hall–Kier alpha value is -0.650. The SMILES string of the molecule is Cl.Fc1cc(Cl)ccc1[C@H](c1ccsc1)N1CCNCC1. The second kappa shape index (κ2) is 7.56. The van der Waals surface area contributed by atoms with Gasteiger partial charge in [0.05, 0.1) is 6.04 Å². The van der Waals surface area contributed by atoms with Crippen molar-refractivity contribution in [3.63, 3.8) is 0 Å². The van der Waals surface area contributed by atoms with E-state index in [0.717, 1.165) is 31.7 Å². The molecule has 21 heavy (non-hydrogen) atoms. The third-order valence-corrected chi connectivity index (χ3v) is 4.57. The highest BCUT2D eigenvalue weighted by Crippen LogP contribution is 2.32. The number of halogens is 3. The Labute approximate surface area is 139 Å². The maximum absolute atomic E-state index is 14.3. The third kappa shape index (κ3) is 3.76. The van der Waals surface area contributed by atoms with Gasteiger partial charge in [-0.15, -0.1) is 12.4 Å². The molecule has 3 rings (SSSR count). The van der Waals surface area contributed by atoms with Gasteiger partial charge in [-0.1, -0.05) is 17.7 Å². The van der Waals surface area contributed by atoms with Gasteiger partial charge < -0.3 is 5.32 Å². The van der Waals surface area contributed by atoms with Crippen molar-refractivity contribution < 1.29 is 4.39 Å². The van der Waals surface area contributed by atoms with E-state index in [1.807, 2.05) is 11.4 Å². The Morgan fingerprint density at radius 2 is 2.00 bits per heavy atom. The van der Waals surface area contributed by atoms with Crippen molar-refractivity contribution in [2.24, 2.45) is 0 Å². The molecule has 114 valence electrons. The van der Waals surface area contributed by atoms with Gasteiger partial charge in [0.25, 0.3) is 0 Å². The van der Waals surface area contributed by atoms with Crippen LogP contribution in [0.25, 0.3) is 0 Å². The fourth-order valence-corrected chi connectivity index (χ4v) is 3.52. The van der Waals surface area contributed by atoms with Crippen LogP contribution in [-0.4, -0.2) is 31.1 Å². The van der Waals surface area contributed by atoms with E-state index in [1.165, 1.54) is 6.07 Å². The Bertz CT molecular complexity index is 571. The van der Waals surface area contributed by atoms with Crippen LogP contribution >= 0.6 is 35.3 Å². The lowest BCUT2D eigenvalue weighted by Gasteiger charge is -2.35. The van der Waals surface area contributed by atoms with Crippen LogP contribution in [0.2, 0.25) is 5.02 Å². The van der Waals surface area contributed by atoms with Crippen LogP contribution in [0.5, 0.6) is 0 Å². The van der Waals surface area contributed by atoms with Gasteiger partial charge in [-0.25, -0.2) is 4.39 Å². The van der Waals surface area contributed by atoms with Crippen LogP contribution in [0, 0.1) is 5.82 Å². The van der Waals surface area contributed by atoms with Gasteiger partial charge >= 0.3 is 0 Å². The first-order valence-corrected chi connectivity index (χ1v) is 7.99. The summed E-state index contributed by atoms with van der Waals surface area (Å²) in [6.45, 7) is 3.72. The van der Waals surface area contributed by atoms with Gasteiger partial charge in [-0.2, -0.15) is 11.3 Å². The molecule has 0 radical (unpaired) electrons. The summed E-state index contributed by atoms with van der Waals surface area (Å²) in [5, 5.41) is 7.91. The first-order chi connectivity index (χ1) is 9.75. The minimum absolute atomic E-state index is 0. The lowest BCUT2D eigenvalue weighted by molar-refractivity contribution is 0.195. The van der Waals surface area contributed by atoms with Crippen LogP contribution in [0.1, 0.15) is 17.2 Å². The summed E-state index contributed by atoms with van der Waals surface area (Å²) in [4.78, 5) is 2.32. The second-order valence-electron chi connectivity index (χ2n) is 4.91. The van der Waals surface area contributed by atoms with Gasteiger partial charge in [0.1, 0.15) is 5.82 Å². The maximum Gasteiger partial charge on any atom is 0.129 e.